The summed E-state index contributed by atoms with van der Waals surface area (Å²) >= 11 is 0. The van der Waals surface area contributed by atoms with Crippen molar-refractivity contribution in [3.05, 3.63) is 53.9 Å². The smallest absolute Gasteiger partial charge is 0.356 e. The van der Waals surface area contributed by atoms with Gasteiger partial charge in [-0.25, -0.2) is 0 Å². The number of anilines is 2. The zero-order chi connectivity index (χ0) is 19.6. The predicted molar refractivity (Wildman–Crippen MR) is 97.7 cm³/mol. The van der Waals surface area contributed by atoms with Gasteiger partial charge in [0, 0.05) is 30.9 Å². The molecule has 2 aromatic rings. The standard InChI is InChI=1S/C20H22F3N3O/c1-13(2)19(27)25-11-14-10-17-18(4-3-9-24-17)26(12-14)16-7-5-15(6-8-16)20(21,22)23/h3-9,13-14H,10-12H2,1-2H3,(H,25,27). The zero-order valence-electron chi connectivity index (χ0n) is 15.3. The summed E-state index contributed by atoms with van der Waals surface area (Å²) in [5.41, 5.74) is 1.78. The van der Waals surface area contributed by atoms with Gasteiger partial charge in [-0.3, -0.25) is 9.78 Å². The van der Waals surface area contributed by atoms with E-state index < -0.39 is 11.7 Å². The molecule has 3 rings (SSSR count). The molecule has 1 amide bonds. The van der Waals surface area contributed by atoms with E-state index in [4.69, 9.17) is 0 Å². The van der Waals surface area contributed by atoms with Crippen molar-refractivity contribution in [1.29, 1.82) is 0 Å². The molecule has 2 heterocycles. The first-order valence-electron chi connectivity index (χ1n) is 8.92. The van der Waals surface area contributed by atoms with Crippen LogP contribution in [-0.2, 0) is 17.4 Å². The fraction of sp³-hybridized carbons (Fsp3) is 0.400. The van der Waals surface area contributed by atoms with Crippen molar-refractivity contribution in [2.45, 2.75) is 26.4 Å². The number of halogens is 3. The first-order chi connectivity index (χ1) is 12.8. The fourth-order valence-corrected chi connectivity index (χ4v) is 3.19. The molecular weight excluding hydrogens is 355 g/mol. The van der Waals surface area contributed by atoms with E-state index in [9.17, 15) is 18.0 Å². The Morgan fingerprint density at radius 1 is 1.26 bits per heavy atom. The number of hydrogen-bond acceptors (Lipinski definition) is 3. The molecule has 0 aliphatic carbocycles. The van der Waals surface area contributed by atoms with Gasteiger partial charge in [-0.1, -0.05) is 13.8 Å². The van der Waals surface area contributed by atoms with E-state index in [1.165, 1.54) is 12.1 Å². The predicted octanol–water partition coefficient (Wildman–Crippen LogP) is 4.18. The van der Waals surface area contributed by atoms with Gasteiger partial charge < -0.3 is 10.2 Å². The van der Waals surface area contributed by atoms with Crippen molar-refractivity contribution >= 4 is 17.3 Å². The van der Waals surface area contributed by atoms with Gasteiger partial charge in [-0.15, -0.1) is 0 Å². The Hall–Kier alpha value is -2.57. The van der Waals surface area contributed by atoms with E-state index in [0.29, 0.717) is 25.2 Å². The minimum atomic E-state index is -4.36. The Bertz CT molecular complexity index is 803. The van der Waals surface area contributed by atoms with Crippen LogP contribution in [0.15, 0.2) is 42.6 Å². The number of pyridine rings is 1. The van der Waals surface area contributed by atoms with Crippen molar-refractivity contribution in [2.24, 2.45) is 11.8 Å². The normalized spacial score (nSPS) is 17.0. The number of nitrogens with zero attached hydrogens (tertiary/aromatic N) is 2. The summed E-state index contributed by atoms with van der Waals surface area (Å²) in [5.74, 6) is 0.0188. The summed E-state index contributed by atoms with van der Waals surface area (Å²) in [4.78, 5) is 18.3. The van der Waals surface area contributed by atoms with Crippen LogP contribution in [-0.4, -0.2) is 24.0 Å². The third-order valence-corrected chi connectivity index (χ3v) is 4.68. The molecular formula is C20H22F3N3O. The van der Waals surface area contributed by atoms with Gasteiger partial charge in [0.2, 0.25) is 5.91 Å². The van der Waals surface area contributed by atoms with Crippen LogP contribution < -0.4 is 10.2 Å². The number of carbonyl (C=O) groups is 1. The second-order valence-electron chi connectivity index (χ2n) is 7.09. The van der Waals surface area contributed by atoms with Crippen LogP contribution in [0.5, 0.6) is 0 Å². The van der Waals surface area contributed by atoms with Crippen LogP contribution in [0.4, 0.5) is 24.5 Å². The average molecular weight is 377 g/mol. The highest BCUT2D eigenvalue weighted by molar-refractivity contribution is 5.77. The molecule has 1 N–H and O–H groups in total. The lowest BCUT2D eigenvalue weighted by atomic mass is 9.95. The third-order valence-electron chi connectivity index (χ3n) is 4.68. The molecule has 1 aromatic heterocycles. The Morgan fingerprint density at radius 3 is 2.59 bits per heavy atom. The van der Waals surface area contributed by atoms with Gasteiger partial charge in [0.1, 0.15) is 0 Å². The highest BCUT2D eigenvalue weighted by Gasteiger charge is 2.31. The lowest BCUT2D eigenvalue weighted by Crippen LogP contribution is -2.40. The van der Waals surface area contributed by atoms with Crippen LogP contribution in [0.3, 0.4) is 0 Å². The summed E-state index contributed by atoms with van der Waals surface area (Å²) in [7, 11) is 0. The maximum absolute atomic E-state index is 12.8. The Labute approximate surface area is 156 Å². The molecule has 144 valence electrons. The van der Waals surface area contributed by atoms with Crippen molar-refractivity contribution in [2.75, 3.05) is 18.0 Å². The van der Waals surface area contributed by atoms with Gasteiger partial charge >= 0.3 is 6.18 Å². The first kappa shape index (κ1) is 19.2. The minimum absolute atomic E-state index is 0.0112. The fourth-order valence-electron chi connectivity index (χ4n) is 3.19. The van der Waals surface area contributed by atoms with E-state index in [2.05, 4.69) is 10.3 Å². The minimum Gasteiger partial charge on any atom is -0.356 e. The third kappa shape index (κ3) is 4.40. The summed E-state index contributed by atoms with van der Waals surface area (Å²) < 4.78 is 38.5. The highest BCUT2D eigenvalue weighted by atomic mass is 19.4. The molecule has 7 heteroatoms. The molecule has 0 fully saturated rings. The van der Waals surface area contributed by atoms with Crippen LogP contribution >= 0.6 is 0 Å². The molecule has 0 saturated carbocycles. The van der Waals surface area contributed by atoms with E-state index >= 15 is 0 Å². The topological polar surface area (TPSA) is 45.2 Å². The first-order valence-corrected chi connectivity index (χ1v) is 8.92. The molecule has 1 aromatic carbocycles. The summed E-state index contributed by atoms with van der Waals surface area (Å²) in [5, 5.41) is 2.94. The van der Waals surface area contributed by atoms with Crippen LogP contribution in [0, 0.1) is 11.8 Å². The molecule has 27 heavy (non-hydrogen) atoms. The number of fused-ring (bicyclic) bond motifs is 1. The maximum atomic E-state index is 12.8. The summed E-state index contributed by atoms with van der Waals surface area (Å²) in [6, 6.07) is 8.88. The Balaban J connectivity index is 1.83. The summed E-state index contributed by atoms with van der Waals surface area (Å²) in [6.07, 6.45) is -1.94. The SMILES string of the molecule is CC(C)C(=O)NCC1Cc2ncccc2N(c2ccc(C(F)(F)F)cc2)C1. The van der Waals surface area contributed by atoms with Crippen molar-refractivity contribution < 1.29 is 18.0 Å². The van der Waals surface area contributed by atoms with Crippen LogP contribution in [0.25, 0.3) is 0 Å². The van der Waals surface area contributed by atoms with Gasteiger partial charge in [0.25, 0.3) is 0 Å². The number of alkyl halides is 3. The van der Waals surface area contributed by atoms with E-state index in [1.807, 2.05) is 30.9 Å². The highest BCUT2D eigenvalue weighted by Crippen LogP contribution is 2.36. The number of hydrogen-bond donors (Lipinski definition) is 1. The van der Waals surface area contributed by atoms with Gasteiger partial charge in [0.15, 0.2) is 0 Å². The van der Waals surface area contributed by atoms with E-state index in [-0.39, 0.29) is 17.7 Å². The zero-order valence-corrected chi connectivity index (χ0v) is 15.3. The van der Waals surface area contributed by atoms with Crippen LogP contribution in [0.2, 0.25) is 0 Å². The molecule has 0 radical (unpaired) electrons. The molecule has 0 saturated heterocycles. The number of carbonyl (C=O) groups excluding carboxylic acids is 1. The molecule has 1 unspecified atom stereocenters. The Kier molecular flexibility index (Phi) is 5.39. The number of aromatic nitrogens is 1. The average Bonchev–Trinajstić information content (AvgIpc) is 2.64. The lowest BCUT2D eigenvalue weighted by Gasteiger charge is -2.35. The number of nitrogens with one attached hydrogen (secondary N) is 1. The van der Waals surface area contributed by atoms with Gasteiger partial charge in [0.05, 0.1) is 16.9 Å². The second kappa shape index (κ2) is 7.58. The van der Waals surface area contributed by atoms with Crippen molar-refractivity contribution in [3.8, 4) is 0 Å². The molecule has 0 bridgehead atoms. The summed E-state index contributed by atoms with van der Waals surface area (Å²) in [6.45, 7) is 4.77. The van der Waals surface area contributed by atoms with Crippen LogP contribution in [0.1, 0.15) is 25.1 Å². The number of rotatable bonds is 4. The monoisotopic (exact) mass is 377 g/mol. The molecule has 0 spiro atoms. The van der Waals surface area contributed by atoms with Crippen molar-refractivity contribution in [1.82, 2.24) is 10.3 Å². The quantitative estimate of drug-likeness (QED) is 0.869. The molecule has 1 aliphatic heterocycles. The van der Waals surface area contributed by atoms with Gasteiger partial charge in [-0.2, -0.15) is 13.2 Å². The largest absolute Gasteiger partial charge is 0.416 e. The molecule has 1 aliphatic rings. The number of benzene rings is 1. The van der Waals surface area contributed by atoms with Gasteiger partial charge in [-0.05, 0) is 48.7 Å². The molecule has 4 nitrogen and oxygen atoms in total. The van der Waals surface area contributed by atoms with Crippen molar-refractivity contribution in [3.63, 3.8) is 0 Å². The maximum Gasteiger partial charge on any atom is 0.416 e. The number of amides is 1. The van der Waals surface area contributed by atoms with E-state index in [1.54, 1.807) is 6.20 Å². The molecule has 1 atom stereocenters. The lowest BCUT2D eigenvalue weighted by molar-refractivity contribution is -0.137. The Morgan fingerprint density at radius 2 is 1.96 bits per heavy atom. The van der Waals surface area contributed by atoms with E-state index in [0.717, 1.165) is 23.5 Å². The second-order valence-corrected chi connectivity index (χ2v) is 7.09.